The molecule has 2 aromatic carbocycles. The van der Waals surface area contributed by atoms with Gasteiger partial charge in [-0.25, -0.2) is 0 Å². The van der Waals surface area contributed by atoms with Crippen molar-refractivity contribution in [1.29, 1.82) is 0 Å². The van der Waals surface area contributed by atoms with Crippen LogP contribution in [0.4, 0.5) is 5.69 Å². The van der Waals surface area contributed by atoms with E-state index < -0.39 is 6.10 Å². The van der Waals surface area contributed by atoms with Crippen LogP contribution in [0.1, 0.15) is 11.1 Å². The number of rotatable bonds is 7. The lowest BCUT2D eigenvalue weighted by molar-refractivity contribution is 0.105. The number of aliphatic hydroxyl groups is 2. The Labute approximate surface area is 124 Å². The Kier molecular flexibility index (Phi) is 5.60. The maximum atomic E-state index is 9.27. The average molecular weight is 287 g/mol. The summed E-state index contributed by atoms with van der Waals surface area (Å²) in [5.74, 6) is 0.291. The fourth-order valence-corrected chi connectivity index (χ4v) is 2.04. The Bertz CT molecular complexity index is 537. The third-order valence-corrected chi connectivity index (χ3v) is 3.35. The normalized spacial score (nSPS) is 12.1. The third-order valence-electron chi connectivity index (χ3n) is 3.35. The van der Waals surface area contributed by atoms with E-state index in [-0.39, 0.29) is 6.61 Å². The molecular weight excluding hydrogens is 266 g/mol. The van der Waals surface area contributed by atoms with E-state index >= 15 is 0 Å². The Hall–Kier alpha value is -2.04. The van der Waals surface area contributed by atoms with Gasteiger partial charge in [0.05, 0.1) is 12.7 Å². The van der Waals surface area contributed by atoms with Crippen molar-refractivity contribution in [3.05, 3.63) is 59.7 Å². The number of aliphatic hydroxyl groups excluding tert-OH is 2. The lowest BCUT2D eigenvalue weighted by atomic mass is 10.0. The van der Waals surface area contributed by atoms with Crippen LogP contribution < -0.4 is 5.32 Å². The summed E-state index contributed by atoms with van der Waals surface area (Å²) in [5.41, 5.74) is 3.35. The summed E-state index contributed by atoms with van der Waals surface area (Å²) in [4.78, 5) is 0. The Morgan fingerprint density at radius 1 is 0.857 bits per heavy atom. The predicted octanol–water partition coefficient (Wildman–Crippen LogP) is 1.94. The van der Waals surface area contributed by atoms with Gasteiger partial charge in [0.15, 0.2) is 0 Å². The highest BCUT2D eigenvalue weighted by Gasteiger charge is 2.01. The van der Waals surface area contributed by atoms with Gasteiger partial charge in [0.2, 0.25) is 0 Å². The molecule has 0 aliphatic carbocycles. The van der Waals surface area contributed by atoms with Crippen molar-refractivity contribution in [2.75, 3.05) is 18.5 Å². The van der Waals surface area contributed by atoms with Crippen LogP contribution in [0.25, 0.3) is 0 Å². The molecule has 0 saturated heterocycles. The van der Waals surface area contributed by atoms with Crippen LogP contribution in [0.2, 0.25) is 0 Å². The lowest BCUT2D eigenvalue weighted by Crippen LogP contribution is -2.22. The highest BCUT2D eigenvalue weighted by atomic mass is 16.3. The maximum Gasteiger partial charge on any atom is 0.115 e. The number of anilines is 1. The number of aryl methyl sites for hydroxylation is 2. The summed E-state index contributed by atoms with van der Waals surface area (Å²) in [5, 5.41) is 30.3. The van der Waals surface area contributed by atoms with Gasteiger partial charge in [0.1, 0.15) is 5.75 Å². The SMILES string of the molecule is OCC(O)CNc1ccc(CCc2ccc(O)cc2)cc1. The van der Waals surface area contributed by atoms with E-state index in [2.05, 4.69) is 5.32 Å². The largest absolute Gasteiger partial charge is 0.508 e. The lowest BCUT2D eigenvalue weighted by Gasteiger charge is -2.10. The molecule has 1 atom stereocenters. The van der Waals surface area contributed by atoms with E-state index in [1.54, 1.807) is 12.1 Å². The fraction of sp³-hybridized carbons (Fsp3) is 0.294. The van der Waals surface area contributed by atoms with Crippen molar-refractivity contribution < 1.29 is 15.3 Å². The van der Waals surface area contributed by atoms with Crippen LogP contribution in [0.3, 0.4) is 0 Å². The molecule has 0 saturated carbocycles. The molecule has 4 N–H and O–H groups in total. The molecule has 0 spiro atoms. The molecule has 0 heterocycles. The molecule has 2 rings (SSSR count). The number of aromatic hydroxyl groups is 1. The first-order valence-corrected chi connectivity index (χ1v) is 7.07. The second-order valence-electron chi connectivity index (χ2n) is 5.08. The zero-order valence-corrected chi connectivity index (χ0v) is 11.9. The molecule has 0 amide bonds. The minimum Gasteiger partial charge on any atom is -0.508 e. The Balaban J connectivity index is 1.83. The second-order valence-corrected chi connectivity index (χ2v) is 5.08. The van der Waals surface area contributed by atoms with Crippen molar-refractivity contribution in [3.63, 3.8) is 0 Å². The minimum atomic E-state index is -0.737. The summed E-state index contributed by atoms with van der Waals surface area (Å²) < 4.78 is 0. The number of phenolic OH excluding ortho intramolecular Hbond substituents is 1. The summed E-state index contributed by atoms with van der Waals surface area (Å²) in [6.07, 6.45) is 1.12. The van der Waals surface area contributed by atoms with Crippen LogP contribution >= 0.6 is 0 Å². The summed E-state index contributed by atoms with van der Waals surface area (Å²) in [6.45, 7) is 0.0983. The first kappa shape index (κ1) is 15.4. The summed E-state index contributed by atoms with van der Waals surface area (Å²) in [7, 11) is 0. The van der Waals surface area contributed by atoms with Gasteiger partial charge in [-0.3, -0.25) is 0 Å². The zero-order chi connectivity index (χ0) is 15.1. The van der Waals surface area contributed by atoms with Gasteiger partial charge in [-0.15, -0.1) is 0 Å². The molecule has 0 bridgehead atoms. The van der Waals surface area contributed by atoms with Crippen molar-refractivity contribution in [3.8, 4) is 5.75 Å². The molecule has 4 nitrogen and oxygen atoms in total. The minimum absolute atomic E-state index is 0.238. The molecule has 4 heteroatoms. The van der Waals surface area contributed by atoms with E-state index in [0.29, 0.717) is 12.3 Å². The van der Waals surface area contributed by atoms with Crippen molar-refractivity contribution >= 4 is 5.69 Å². The van der Waals surface area contributed by atoms with Gasteiger partial charge in [-0.2, -0.15) is 0 Å². The molecule has 1 unspecified atom stereocenters. The highest BCUT2D eigenvalue weighted by Crippen LogP contribution is 2.14. The van der Waals surface area contributed by atoms with Gasteiger partial charge in [0.25, 0.3) is 0 Å². The van der Waals surface area contributed by atoms with Crippen LogP contribution in [0.15, 0.2) is 48.5 Å². The van der Waals surface area contributed by atoms with E-state index in [4.69, 9.17) is 5.11 Å². The third kappa shape index (κ3) is 5.10. The molecule has 0 aromatic heterocycles. The van der Waals surface area contributed by atoms with Crippen LogP contribution in [-0.2, 0) is 12.8 Å². The van der Waals surface area contributed by atoms with E-state index in [0.717, 1.165) is 18.5 Å². The summed E-state index contributed by atoms with van der Waals surface area (Å²) in [6, 6.07) is 15.3. The number of benzene rings is 2. The van der Waals surface area contributed by atoms with Gasteiger partial charge >= 0.3 is 0 Å². The fourth-order valence-electron chi connectivity index (χ4n) is 2.04. The van der Waals surface area contributed by atoms with Crippen LogP contribution in [-0.4, -0.2) is 34.6 Å². The van der Waals surface area contributed by atoms with Gasteiger partial charge in [-0.1, -0.05) is 24.3 Å². The monoisotopic (exact) mass is 287 g/mol. The number of hydrogen-bond acceptors (Lipinski definition) is 4. The average Bonchev–Trinajstić information content (AvgIpc) is 2.53. The van der Waals surface area contributed by atoms with E-state index in [9.17, 15) is 10.2 Å². The molecule has 0 radical (unpaired) electrons. The number of hydrogen-bond donors (Lipinski definition) is 4. The van der Waals surface area contributed by atoms with Crippen molar-refractivity contribution in [2.24, 2.45) is 0 Å². The predicted molar refractivity (Wildman–Crippen MR) is 83.5 cm³/mol. The standard InChI is InChI=1S/C17H21NO3/c19-12-17(21)11-18-15-7-3-13(4-8-15)1-2-14-5-9-16(20)10-6-14/h3-10,17-21H,1-2,11-12H2. The second kappa shape index (κ2) is 7.67. The first-order valence-electron chi connectivity index (χ1n) is 7.07. The molecule has 0 fully saturated rings. The zero-order valence-electron chi connectivity index (χ0n) is 11.9. The van der Waals surface area contributed by atoms with Crippen LogP contribution in [0, 0.1) is 0 Å². The molecule has 0 aliphatic rings. The molecular formula is C17H21NO3. The number of nitrogens with one attached hydrogen (secondary N) is 1. The molecule has 21 heavy (non-hydrogen) atoms. The summed E-state index contributed by atoms with van der Waals surface area (Å²) >= 11 is 0. The molecule has 112 valence electrons. The maximum absolute atomic E-state index is 9.27. The van der Waals surface area contributed by atoms with Crippen LogP contribution in [0.5, 0.6) is 5.75 Å². The van der Waals surface area contributed by atoms with Crippen molar-refractivity contribution in [1.82, 2.24) is 0 Å². The Morgan fingerprint density at radius 3 is 1.90 bits per heavy atom. The highest BCUT2D eigenvalue weighted by molar-refractivity contribution is 5.44. The van der Waals surface area contributed by atoms with Gasteiger partial charge in [0, 0.05) is 12.2 Å². The quantitative estimate of drug-likeness (QED) is 0.628. The van der Waals surface area contributed by atoms with E-state index in [1.165, 1.54) is 11.1 Å². The Morgan fingerprint density at radius 2 is 1.38 bits per heavy atom. The van der Waals surface area contributed by atoms with E-state index in [1.807, 2.05) is 36.4 Å². The number of phenols is 1. The van der Waals surface area contributed by atoms with Crippen molar-refractivity contribution in [2.45, 2.75) is 18.9 Å². The topological polar surface area (TPSA) is 72.7 Å². The molecule has 2 aromatic rings. The van der Waals surface area contributed by atoms with Gasteiger partial charge in [-0.05, 0) is 48.2 Å². The first-order chi connectivity index (χ1) is 10.2. The van der Waals surface area contributed by atoms with Gasteiger partial charge < -0.3 is 20.6 Å². The smallest absolute Gasteiger partial charge is 0.115 e. The molecule has 0 aliphatic heterocycles.